The monoisotopic (exact) mass is 423 g/mol. The maximum Gasteiger partial charge on any atom is 0.281 e. The molecular formula is C21H27F2N3O2S. The quantitative estimate of drug-likeness (QED) is 0.682. The normalized spacial score (nSPS) is 18.3. The van der Waals surface area contributed by atoms with Gasteiger partial charge in [-0.25, -0.2) is 8.78 Å². The maximum atomic E-state index is 13.9. The first-order valence-corrected chi connectivity index (χ1v) is 11.4. The lowest BCUT2D eigenvalue weighted by Crippen LogP contribution is -2.47. The van der Waals surface area contributed by atoms with Gasteiger partial charge in [0.15, 0.2) is 0 Å². The van der Waals surface area contributed by atoms with Gasteiger partial charge in [-0.15, -0.1) is 0 Å². The van der Waals surface area contributed by atoms with Crippen LogP contribution in [0, 0.1) is 11.6 Å². The van der Waals surface area contributed by atoms with Crippen LogP contribution in [0.3, 0.4) is 0 Å². The minimum atomic E-state index is -3.47. The Bertz CT molecular complexity index is 911. The zero-order valence-corrected chi connectivity index (χ0v) is 17.6. The van der Waals surface area contributed by atoms with E-state index in [2.05, 4.69) is 4.98 Å². The largest absolute Gasteiger partial charge is 0.281 e. The molecule has 5 nitrogen and oxygen atoms in total. The number of halogens is 2. The van der Waals surface area contributed by atoms with Crippen LogP contribution in [0.2, 0.25) is 0 Å². The van der Waals surface area contributed by atoms with E-state index in [0.717, 1.165) is 18.5 Å². The van der Waals surface area contributed by atoms with Gasteiger partial charge in [-0.3, -0.25) is 4.98 Å². The fraction of sp³-hybridized carbons (Fsp3) is 0.476. The molecule has 1 aliphatic rings. The van der Waals surface area contributed by atoms with Crippen LogP contribution in [-0.2, 0) is 16.6 Å². The Kier molecular flexibility index (Phi) is 6.97. The second-order valence-corrected chi connectivity index (χ2v) is 9.19. The van der Waals surface area contributed by atoms with E-state index in [9.17, 15) is 17.2 Å². The van der Waals surface area contributed by atoms with Crippen LogP contribution in [0.15, 0.2) is 36.5 Å². The van der Waals surface area contributed by atoms with Crippen molar-refractivity contribution in [2.45, 2.75) is 39.0 Å². The zero-order chi connectivity index (χ0) is 21.0. The van der Waals surface area contributed by atoms with Crippen LogP contribution in [0.25, 0.3) is 0 Å². The molecule has 1 atom stereocenters. The highest BCUT2D eigenvalue weighted by Gasteiger charge is 2.33. The Balaban J connectivity index is 1.73. The second kappa shape index (κ2) is 9.28. The number of nitrogens with zero attached hydrogens (tertiary/aromatic N) is 3. The summed E-state index contributed by atoms with van der Waals surface area (Å²) < 4.78 is 56.3. The molecule has 2 aromatic rings. The average molecular weight is 424 g/mol. The van der Waals surface area contributed by atoms with Crippen molar-refractivity contribution in [1.29, 1.82) is 0 Å². The minimum Gasteiger partial charge on any atom is -0.261 e. The SMILES string of the molecule is CCN(CC)S(=O)(=O)N1CCCC(c2ccc(Cc3c(F)cccc3F)cn2)C1. The zero-order valence-electron chi connectivity index (χ0n) is 16.8. The van der Waals surface area contributed by atoms with Gasteiger partial charge in [-0.2, -0.15) is 17.0 Å². The third-order valence-corrected chi connectivity index (χ3v) is 7.60. The Morgan fingerprint density at radius 1 is 1.14 bits per heavy atom. The fourth-order valence-electron chi connectivity index (χ4n) is 3.79. The predicted octanol–water partition coefficient (Wildman–Crippen LogP) is 3.72. The Hall–Kier alpha value is -1.90. The molecule has 158 valence electrons. The average Bonchev–Trinajstić information content (AvgIpc) is 2.72. The molecule has 0 aliphatic carbocycles. The van der Waals surface area contributed by atoms with Crippen LogP contribution < -0.4 is 0 Å². The third-order valence-electron chi connectivity index (χ3n) is 5.45. The van der Waals surface area contributed by atoms with Crippen molar-refractivity contribution in [2.75, 3.05) is 26.2 Å². The lowest BCUT2D eigenvalue weighted by atomic mass is 9.95. The van der Waals surface area contributed by atoms with Gasteiger partial charge in [0.1, 0.15) is 11.6 Å². The van der Waals surface area contributed by atoms with Gasteiger partial charge in [0.25, 0.3) is 10.2 Å². The van der Waals surface area contributed by atoms with E-state index in [4.69, 9.17) is 0 Å². The number of piperidine rings is 1. The summed E-state index contributed by atoms with van der Waals surface area (Å²) in [5, 5.41) is 0. The number of hydrogen-bond donors (Lipinski definition) is 0. The topological polar surface area (TPSA) is 53.5 Å². The number of benzene rings is 1. The summed E-state index contributed by atoms with van der Waals surface area (Å²) >= 11 is 0. The van der Waals surface area contributed by atoms with Gasteiger partial charge in [-0.05, 0) is 36.6 Å². The number of aromatic nitrogens is 1. The van der Waals surface area contributed by atoms with E-state index < -0.39 is 21.8 Å². The van der Waals surface area contributed by atoms with E-state index in [1.807, 2.05) is 26.0 Å². The molecule has 0 spiro atoms. The van der Waals surface area contributed by atoms with E-state index >= 15 is 0 Å². The minimum absolute atomic E-state index is 0.00772. The summed E-state index contributed by atoms with van der Waals surface area (Å²) in [6.07, 6.45) is 3.38. The first-order valence-electron chi connectivity index (χ1n) is 9.99. The lowest BCUT2D eigenvalue weighted by Gasteiger charge is -2.34. The molecule has 8 heteroatoms. The first kappa shape index (κ1) is 21.8. The summed E-state index contributed by atoms with van der Waals surface area (Å²) in [6, 6.07) is 7.48. The van der Waals surface area contributed by atoms with Crippen LogP contribution in [0.1, 0.15) is 49.4 Å². The number of pyridine rings is 1. The van der Waals surface area contributed by atoms with Gasteiger partial charge in [0.05, 0.1) is 0 Å². The molecule has 1 aromatic heterocycles. The second-order valence-electron chi connectivity index (χ2n) is 7.26. The van der Waals surface area contributed by atoms with Crippen molar-refractivity contribution in [3.63, 3.8) is 0 Å². The predicted molar refractivity (Wildman–Crippen MR) is 109 cm³/mol. The van der Waals surface area contributed by atoms with Crippen LogP contribution in [-0.4, -0.2) is 48.2 Å². The van der Waals surface area contributed by atoms with E-state index in [0.29, 0.717) is 31.7 Å². The third kappa shape index (κ3) is 4.82. The molecule has 2 heterocycles. The lowest BCUT2D eigenvalue weighted by molar-refractivity contribution is 0.285. The van der Waals surface area contributed by atoms with Gasteiger partial charge in [0.2, 0.25) is 0 Å². The van der Waals surface area contributed by atoms with Crippen LogP contribution in [0.5, 0.6) is 0 Å². The molecule has 0 N–H and O–H groups in total. The molecule has 3 rings (SSSR count). The Morgan fingerprint density at radius 2 is 1.83 bits per heavy atom. The van der Waals surface area contributed by atoms with Gasteiger partial charge >= 0.3 is 0 Å². The molecule has 0 radical (unpaired) electrons. The van der Waals surface area contributed by atoms with E-state index in [-0.39, 0.29) is 17.9 Å². The highest BCUT2D eigenvalue weighted by Crippen LogP contribution is 2.28. The summed E-state index contributed by atoms with van der Waals surface area (Å²) in [6.45, 7) is 5.47. The molecule has 0 bridgehead atoms. The maximum absolute atomic E-state index is 13.9. The molecule has 0 amide bonds. The summed E-state index contributed by atoms with van der Waals surface area (Å²) in [5.41, 5.74) is 1.54. The summed E-state index contributed by atoms with van der Waals surface area (Å²) in [5.74, 6) is -1.13. The molecule has 1 unspecified atom stereocenters. The van der Waals surface area contributed by atoms with E-state index in [1.165, 1.54) is 22.5 Å². The van der Waals surface area contributed by atoms with Gasteiger partial charge < -0.3 is 0 Å². The highest BCUT2D eigenvalue weighted by atomic mass is 32.2. The molecule has 1 aliphatic heterocycles. The fourth-order valence-corrected chi connectivity index (χ4v) is 5.50. The van der Waals surface area contributed by atoms with Gasteiger partial charge in [0, 0.05) is 56.0 Å². The molecule has 29 heavy (non-hydrogen) atoms. The van der Waals surface area contributed by atoms with Crippen molar-refractivity contribution >= 4 is 10.2 Å². The number of hydrogen-bond acceptors (Lipinski definition) is 3. The molecular weight excluding hydrogens is 396 g/mol. The highest BCUT2D eigenvalue weighted by molar-refractivity contribution is 7.86. The van der Waals surface area contributed by atoms with E-state index in [1.54, 1.807) is 10.5 Å². The molecule has 1 aromatic carbocycles. The standard InChI is InChI=1S/C21H27F2N3O2S/c1-3-25(4-2)29(27,28)26-12-6-7-17(15-26)21-11-10-16(14-24-21)13-18-19(22)8-5-9-20(18)23/h5,8-11,14,17H,3-4,6-7,12-13,15H2,1-2H3. The van der Waals surface area contributed by atoms with Crippen molar-refractivity contribution in [3.8, 4) is 0 Å². The van der Waals surface area contributed by atoms with Crippen LogP contribution in [0.4, 0.5) is 8.78 Å². The Labute approximate surface area is 171 Å². The van der Waals surface area contributed by atoms with Crippen molar-refractivity contribution < 1.29 is 17.2 Å². The van der Waals surface area contributed by atoms with Crippen LogP contribution >= 0.6 is 0 Å². The molecule has 1 saturated heterocycles. The summed E-state index contributed by atoms with van der Waals surface area (Å²) in [4.78, 5) is 4.48. The van der Waals surface area contributed by atoms with Crippen molar-refractivity contribution in [2.24, 2.45) is 0 Å². The van der Waals surface area contributed by atoms with Crippen molar-refractivity contribution in [1.82, 2.24) is 13.6 Å². The smallest absolute Gasteiger partial charge is 0.261 e. The number of rotatable bonds is 7. The van der Waals surface area contributed by atoms with Crippen molar-refractivity contribution in [3.05, 3.63) is 65.0 Å². The Morgan fingerprint density at radius 3 is 2.41 bits per heavy atom. The molecule has 0 saturated carbocycles. The molecule has 1 fully saturated rings. The van der Waals surface area contributed by atoms with Gasteiger partial charge in [-0.1, -0.05) is 26.0 Å². The first-order chi connectivity index (χ1) is 13.9. The summed E-state index contributed by atoms with van der Waals surface area (Å²) in [7, 11) is -3.47.